The molecule has 7 heteroatoms. The summed E-state index contributed by atoms with van der Waals surface area (Å²) in [5.41, 5.74) is 1.91. The fourth-order valence-corrected chi connectivity index (χ4v) is 3.40. The Morgan fingerprint density at radius 3 is 2.95 bits per heavy atom. The molecule has 1 fully saturated rings. The molecular formula is C15H21N3O4. The summed E-state index contributed by atoms with van der Waals surface area (Å²) in [7, 11) is 1.32. The number of carbonyl (C=O) groups is 2. The third-order valence-corrected chi connectivity index (χ3v) is 4.62. The van der Waals surface area contributed by atoms with E-state index in [9.17, 15) is 14.7 Å². The van der Waals surface area contributed by atoms with E-state index in [2.05, 4.69) is 10.2 Å². The highest BCUT2D eigenvalue weighted by Crippen LogP contribution is 2.28. The smallest absolute Gasteiger partial charge is 0.358 e. The van der Waals surface area contributed by atoms with Crippen LogP contribution in [0.15, 0.2) is 0 Å². The first-order chi connectivity index (χ1) is 10.6. The lowest BCUT2D eigenvalue weighted by Crippen LogP contribution is -2.42. The van der Waals surface area contributed by atoms with Gasteiger partial charge in [0.15, 0.2) is 5.69 Å². The molecule has 22 heavy (non-hydrogen) atoms. The van der Waals surface area contributed by atoms with Crippen LogP contribution < -0.4 is 0 Å². The molecule has 0 radical (unpaired) electrons. The SMILES string of the molecule is COC(=O)c1n[nH]c2c1CN(C(=O)[C@H]1CCC[C@@H](O)C1)CC2. The van der Waals surface area contributed by atoms with Gasteiger partial charge in [-0.2, -0.15) is 5.10 Å². The van der Waals surface area contributed by atoms with E-state index in [1.165, 1.54) is 7.11 Å². The number of H-pyrrole nitrogens is 1. The summed E-state index contributed by atoms with van der Waals surface area (Å²) in [6, 6.07) is 0. The maximum absolute atomic E-state index is 12.6. The Morgan fingerprint density at radius 1 is 1.41 bits per heavy atom. The summed E-state index contributed by atoms with van der Waals surface area (Å²) in [5, 5.41) is 16.6. The highest BCUT2D eigenvalue weighted by molar-refractivity contribution is 5.89. The number of rotatable bonds is 2. The maximum Gasteiger partial charge on any atom is 0.358 e. The van der Waals surface area contributed by atoms with E-state index >= 15 is 0 Å². The molecule has 0 unspecified atom stereocenters. The van der Waals surface area contributed by atoms with Crippen LogP contribution in [0.2, 0.25) is 0 Å². The number of nitrogens with zero attached hydrogens (tertiary/aromatic N) is 2. The second-order valence-corrected chi connectivity index (χ2v) is 6.05. The molecule has 2 atom stereocenters. The molecule has 0 saturated heterocycles. The zero-order valence-electron chi connectivity index (χ0n) is 12.7. The number of hydrogen-bond acceptors (Lipinski definition) is 5. The van der Waals surface area contributed by atoms with Crippen LogP contribution in [0.25, 0.3) is 0 Å². The van der Waals surface area contributed by atoms with Crippen molar-refractivity contribution in [3.05, 3.63) is 17.0 Å². The molecule has 1 aliphatic carbocycles. The topological polar surface area (TPSA) is 95.5 Å². The minimum Gasteiger partial charge on any atom is -0.464 e. The van der Waals surface area contributed by atoms with E-state index in [-0.39, 0.29) is 23.6 Å². The lowest BCUT2D eigenvalue weighted by atomic mass is 9.86. The van der Waals surface area contributed by atoms with Crippen molar-refractivity contribution in [1.82, 2.24) is 15.1 Å². The number of esters is 1. The van der Waals surface area contributed by atoms with Gasteiger partial charge in [-0.25, -0.2) is 4.79 Å². The molecule has 1 aromatic rings. The number of hydrogen-bond donors (Lipinski definition) is 2. The summed E-state index contributed by atoms with van der Waals surface area (Å²) in [5.74, 6) is -0.528. The summed E-state index contributed by atoms with van der Waals surface area (Å²) in [6.07, 6.45) is 3.31. The van der Waals surface area contributed by atoms with Gasteiger partial charge in [-0.05, 0) is 19.3 Å². The third-order valence-electron chi connectivity index (χ3n) is 4.62. The number of aromatic amines is 1. The lowest BCUT2D eigenvalue weighted by molar-refractivity contribution is -0.138. The number of amides is 1. The molecule has 1 saturated carbocycles. The highest BCUT2D eigenvalue weighted by atomic mass is 16.5. The Hall–Kier alpha value is -1.89. The van der Waals surface area contributed by atoms with E-state index in [1.807, 2.05) is 0 Å². The van der Waals surface area contributed by atoms with Crippen molar-refractivity contribution in [2.75, 3.05) is 13.7 Å². The minimum absolute atomic E-state index is 0.0708. The van der Waals surface area contributed by atoms with E-state index in [4.69, 9.17) is 4.74 Å². The first-order valence-electron chi connectivity index (χ1n) is 7.71. The van der Waals surface area contributed by atoms with Crippen molar-refractivity contribution >= 4 is 11.9 Å². The number of carbonyl (C=O) groups excluding carboxylic acids is 2. The van der Waals surface area contributed by atoms with Crippen molar-refractivity contribution in [2.45, 2.75) is 44.8 Å². The molecule has 3 rings (SSSR count). The number of methoxy groups -OCH3 is 1. The van der Waals surface area contributed by atoms with Gasteiger partial charge < -0.3 is 14.7 Å². The number of aromatic nitrogens is 2. The predicted octanol–water partition coefficient (Wildman–Crippen LogP) is 0.632. The van der Waals surface area contributed by atoms with Gasteiger partial charge in [0, 0.05) is 36.7 Å². The predicted molar refractivity (Wildman–Crippen MR) is 77.0 cm³/mol. The van der Waals surface area contributed by atoms with Gasteiger partial charge in [0.25, 0.3) is 0 Å². The van der Waals surface area contributed by atoms with Crippen molar-refractivity contribution < 1.29 is 19.4 Å². The van der Waals surface area contributed by atoms with E-state index in [0.29, 0.717) is 25.9 Å². The zero-order valence-corrected chi connectivity index (χ0v) is 12.7. The summed E-state index contributed by atoms with van der Waals surface area (Å²) in [6.45, 7) is 0.989. The number of ether oxygens (including phenoxy) is 1. The monoisotopic (exact) mass is 307 g/mol. The molecule has 2 heterocycles. The normalized spacial score (nSPS) is 24.7. The Kier molecular flexibility index (Phi) is 4.15. The van der Waals surface area contributed by atoms with Crippen molar-refractivity contribution in [2.24, 2.45) is 5.92 Å². The fourth-order valence-electron chi connectivity index (χ4n) is 3.40. The minimum atomic E-state index is -0.486. The molecule has 1 amide bonds. The van der Waals surface area contributed by atoms with Crippen molar-refractivity contribution in [3.63, 3.8) is 0 Å². The number of nitrogens with one attached hydrogen (secondary N) is 1. The van der Waals surface area contributed by atoms with Crippen LogP contribution in [0.4, 0.5) is 0 Å². The Morgan fingerprint density at radius 2 is 2.23 bits per heavy atom. The van der Waals surface area contributed by atoms with Crippen molar-refractivity contribution in [3.8, 4) is 0 Å². The van der Waals surface area contributed by atoms with Gasteiger partial charge in [0.05, 0.1) is 13.2 Å². The summed E-state index contributed by atoms with van der Waals surface area (Å²) >= 11 is 0. The standard InChI is InChI=1S/C15H21N3O4/c1-22-15(21)13-11-8-18(6-5-12(11)16-17-13)14(20)9-3-2-4-10(19)7-9/h9-10,19H,2-8H2,1H3,(H,16,17)/t9-,10+/m0/s1. The summed E-state index contributed by atoms with van der Waals surface area (Å²) < 4.78 is 4.73. The molecule has 1 aromatic heterocycles. The van der Waals surface area contributed by atoms with Crippen LogP contribution in [-0.2, 0) is 22.5 Å². The Bertz CT molecular complexity index is 583. The van der Waals surface area contributed by atoms with Crippen LogP contribution in [-0.4, -0.2) is 51.8 Å². The van der Waals surface area contributed by atoms with Crippen molar-refractivity contribution in [1.29, 1.82) is 0 Å². The van der Waals surface area contributed by atoms with Gasteiger partial charge in [0.2, 0.25) is 5.91 Å². The third kappa shape index (κ3) is 2.72. The van der Waals surface area contributed by atoms with Gasteiger partial charge in [-0.1, -0.05) is 6.42 Å². The van der Waals surface area contributed by atoms with Crippen LogP contribution in [0.1, 0.15) is 47.4 Å². The largest absolute Gasteiger partial charge is 0.464 e. The van der Waals surface area contributed by atoms with E-state index < -0.39 is 5.97 Å². The van der Waals surface area contributed by atoms with Crippen LogP contribution in [0.5, 0.6) is 0 Å². The molecule has 0 spiro atoms. The molecule has 0 aromatic carbocycles. The van der Waals surface area contributed by atoms with Crippen LogP contribution in [0, 0.1) is 5.92 Å². The maximum atomic E-state index is 12.6. The zero-order chi connectivity index (χ0) is 15.7. The molecule has 0 bridgehead atoms. The fraction of sp³-hybridized carbons (Fsp3) is 0.667. The molecular weight excluding hydrogens is 286 g/mol. The quantitative estimate of drug-likeness (QED) is 0.781. The second kappa shape index (κ2) is 6.08. The van der Waals surface area contributed by atoms with Crippen LogP contribution >= 0.6 is 0 Å². The number of aliphatic hydroxyl groups excluding tert-OH is 1. The molecule has 1 aliphatic heterocycles. The molecule has 2 N–H and O–H groups in total. The molecule has 2 aliphatic rings. The lowest BCUT2D eigenvalue weighted by Gasteiger charge is -2.33. The summed E-state index contributed by atoms with van der Waals surface area (Å²) in [4.78, 5) is 26.1. The van der Waals surface area contributed by atoms with Gasteiger partial charge >= 0.3 is 5.97 Å². The average Bonchev–Trinajstić information content (AvgIpc) is 2.96. The molecule has 120 valence electrons. The van der Waals surface area contributed by atoms with Crippen LogP contribution in [0.3, 0.4) is 0 Å². The Balaban J connectivity index is 1.74. The number of aliphatic hydroxyl groups is 1. The van der Waals surface area contributed by atoms with Gasteiger partial charge in [0.1, 0.15) is 0 Å². The molecule has 7 nitrogen and oxygen atoms in total. The first-order valence-corrected chi connectivity index (χ1v) is 7.71. The second-order valence-electron chi connectivity index (χ2n) is 6.05. The van der Waals surface area contributed by atoms with E-state index in [0.717, 1.165) is 30.5 Å². The average molecular weight is 307 g/mol. The van der Waals surface area contributed by atoms with E-state index in [1.54, 1.807) is 4.90 Å². The highest BCUT2D eigenvalue weighted by Gasteiger charge is 2.33. The van der Waals surface area contributed by atoms with Gasteiger partial charge in [-0.15, -0.1) is 0 Å². The van der Waals surface area contributed by atoms with Gasteiger partial charge in [-0.3, -0.25) is 9.89 Å². The number of fused-ring (bicyclic) bond motifs is 1. The Labute approximate surface area is 128 Å². The first kappa shape index (κ1) is 15.0.